The van der Waals surface area contributed by atoms with E-state index in [0.29, 0.717) is 36.1 Å². The van der Waals surface area contributed by atoms with Crippen LogP contribution in [0.15, 0.2) is 27.4 Å². The molecule has 156 valence electrons. The minimum Gasteiger partial charge on any atom is -0.550 e. The molecule has 0 bridgehead atoms. The van der Waals surface area contributed by atoms with Crippen LogP contribution in [0.2, 0.25) is 0 Å². The van der Waals surface area contributed by atoms with Gasteiger partial charge in [0.15, 0.2) is 6.10 Å². The zero-order valence-electron chi connectivity index (χ0n) is 16.9. The highest BCUT2D eigenvalue weighted by molar-refractivity contribution is 5.88. The van der Waals surface area contributed by atoms with Crippen molar-refractivity contribution in [3.05, 3.63) is 39.7 Å². The monoisotopic (exact) mass is 400 g/mol. The number of aryl methyl sites for hydroxylation is 2. The maximum Gasteiger partial charge on any atom is 0.336 e. The van der Waals surface area contributed by atoms with Crippen molar-refractivity contribution in [2.24, 2.45) is 11.8 Å². The topological polar surface area (TPSA) is 109 Å². The second-order valence-electron chi connectivity index (χ2n) is 7.93. The molecule has 7 heteroatoms. The van der Waals surface area contributed by atoms with E-state index in [9.17, 15) is 19.5 Å². The molecule has 1 aliphatic rings. The van der Waals surface area contributed by atoms with E-state index in [1.807, 2.05) is 13.0 Å². The van der Waals surface area contributed by atoms with Crippen LogP contribution in [0.5, 0.6) is 5.75 Å². The van der Waals surface area contributed by atoms with Crippen LogP contribution in [0, 0.1) is 25.7 Å². The van der Waals surface area contributed by atoms with Crippen molar-refractivity contribution in [3.63, 3.8) is 0 Å². The van der Waals surface area contributed by atoms with Gasteiger partial charge in [-0.05, 0) is 81.5 Å². The average molecular weight is 400 g/mol. The molecule has 0 radical (unpaired) electrons. The molecule has 1 aromatic heterocycles. The number of carboxylic acid groups (broad SMARTS) is 1. The van der Waals surface area contributed by atoms with Crippen molar-refractivity contribution in [1.82, 2.24) is 5.32 Å². The van der Waals surface area contributed by atoms with Crippen molar-refractivity contribution in [2.75, 3.05) is 6.54 Å². The number of nitrogens with one attached hydrogen (secondary N) is 1. The number of hydrogen-bond donors (Lipinski definition) is 1. The van der Waals surface area contributed by atoms with E-state index >= 15 is 0 Å². The van der Waals surface area contributed by atoms with Crippen LogP contribution in [0.3, 0.4) is 0 Å². The fourth-order valence-corrected chi connectivity index (χ4v) is 3.90. The highest BCUT2D eigenvalue weighted by Crippen LogP contribution is 2.30. The summed E-state index contributed by atoms with van der Waals surface area (Å²) in [5.74, 6) is -0.832. The lowest BCUT2D eigenvalue weighted by molar-refractivity contribution is -0.312. The summed E-state index contributed by atoms with van der Waals surface area (Å²) >= 11 is 0. The summed E-state index contributed by atoms with van der Waals surface area (Å²) in [4.78, 5) is 35.1. The number of fused-ring (bicyclic) bond motifs is 1. The molecule has 7 nitrogen and oxygen atoms in total. The van der Waals surface area contributed by atoms with Crippen molar-refractivity contribution in [3.8, 4) is 5.75 Å². The number of carbonyl (C=O) groups excluding carboxylic acids is 2. The first-order valence-corrected chi connectivity index (χ1v) is 9.95. The lowest BCUT2D eigenvalue weighted by atomic mass is 9.82. The Morgan fingerprint density at radius 2 is 1.90 bits per heavy atom. The molecule has 1 aromatic carbocycles. The lowest BCUT2D eigenvalue weighted by Crippen LogP contribution is -2.40. The number of carboxylic acids is 1. The lowest BCUT2D eigenvalue weighted by Gasteiger charge is -2.29. The molecule has 1 amide bonds. The van der Waals surface area contributed by atoms with Crippen molar-refractivity contribution in [2.45, 2.75) is 52.6 Å². The van der Waals surface area contributed by atoms with E-state index < -0.39 is 17.7 Å². The largest absolute Gasteiger partial charge is 0.550 e. The van der Waals surface area contributed by atoms with Gasteiger partial charge in [0, 0.05) is 18.6 Å². The minimum atomic E-state index is -0.981. The van der Waals surface area contributed by atoms with Crippen LogP contribution in [0.1, 0.15) is 43.7 Å². The number of benzene rings is 1. The van der Waals surface area contributed by atoms with Gasteiger partial charge in [-0.25, -0.2) is 4.79 Å². The number of ether oxygens (including phenoxy) is 1. The average Bonchev–Trinajstić information content (AvgIpc) is 2.65. The molecule has 1 heterocycles. The zero-order chi connectivity index (χ0) is 21.1. The molecule has 3 rings (SSSR count). The Morgan fingerprint density at radius 1 is 1.21 bits per heavy atom. The molecule has 1 atom stereocenters. The third kappa shape index (κ3) is 4.96. The first kappa shape index (κ1) is 20.9. The van der Waals surface area contributed by atoms with E-state index in [4.69, 9.17) is 9.15 Å². The van der Waals surface area contributed by atoms with Crippen molar-refractivity contribution in [1.29, 1.82) is 0 Å². The Bertz CT molecular complexity index is 971. The fourth-order valence-electron chi connectivity index (χ4n) is 3.90. The van der Waals surface area contributed by atoms with Gasteiger partial charge in [-0.2, -0.15) is 0 Å². The normalized spacial score (nSPS) is 20.2. The molecular weight excluding hydrogens is 374 g/mol. The second kappa shape index (κ2) is 8.68. The maximum absolute atomic E-state index is 12.5. The van der Waals surface area contributed by atoms with Crippen molar-refractivity contribution < 1.29 is 23.8 Å². The molecular formula is C22H26NO6-. The Balaban J connectivity index is 1.63. The molecule has 0 aliphatic heterocycles. The Hall–Kier alpha value is -2.83. The van der Waals surface area contributed by atoms with Crippen LogP contribution >= 0.6 is 0 Å². The van der Waals surface area contributed by atoms with Crippen LogP contribution < -0.4 is 20.8 Å². The van der Waals surface area contributed by atoms with Gasteiger partial charge >= 0.3 is 5.63 Å². The van der Waals surface area contributed by atoms with Gasteiger partial charge in [0.25, 0.3) is 5.91 Å². The number of hydrogen-bond acceptors (Lipinski definition) is 6. The molecule has 1 saturated carbocycles. The Morgan fingerprint density at radius 3 is 2.55 bits per heavy atom. The first-order valence-electron chi connectivity index (χ1n) is 9.95. The van der Waals surface area contributed by atoms with Gasteiger partial charge in [-0.1, -0.05) is 0 Å². The number of carbonyl (C=O) groups is 2. The first-order chi connectivity index (χ1) is 13.7. The summed E-state index contributed by atoms with van der Waals surface area (Å²) in [6.45, 7) is 5.83. The van der Waals surface area contributed by atoms with Crippen LogP contribution in [-0.4, -0.2) is 24.5 Å². The predicted molar refractivity (Wildman–Crippen MR) is 106 cm³/mol. The minimum absolute atomic E-state index is 0.239. The van der Waals surface area contributed by atoms with E-state index in [0.717, 1.165) is 24.0 Å². The molecule has 1 aliphatic carbocycles. The summed E-state index contributed by atoms with van der Waals surface area (Å²) in [5.41, 5.74) is 1.59. The van der Waals surface area contributed by atoms with Gasteiger partial charge in [-0.3, -0.25) is 4.79 Å². The molecule has 0 spiro atoms. The number of rotatable bonds is 6. The second-order valence-corrected chi connectivity index (χ2v) is 7.93. The summed E-state index contributed by atoms with van der Waals surface area (Å²) in [6.07, 6.45) is 1.97. The quantitative estimate of drug-likeness (QED) is 0.741. The number of aliphatic carboxylic acids is 1. The summed E-state index contributed by atoms with van der Waals surface area (Å²) in [5, 5.41) is 14.5. The SMILES string of the molecule is Cc1cc(O[C@H](C)C(=O)NCC2CCC(C(=O)[O-])CC2)c2c(C)cc(=O)oc2c1. The maximum atomic E-state index is 12.5. The van der Waals surface area contributed by atoms with E-state index in [2.05, 4.69) is 5.32 Å². The van der Waals surface area contributed by atoms with Crippen LogP contribution in [0.4, 0.5) is 0 Å². The van der Waals surface area contributed by atoms with Crippen LogP contribution in [-0.2, 0) is 9.59 Å². The molecule has 29 heavy (non-hydrogen) atoms. The van der Waals surface area contributed by atoms with E-state index in [1.54, 1.807) is 19.9 Å². The van der Waals surface area contributed by atoms with Gasteiger partial charge in [0.1, 0.15) is 11.3 Å². The third-order valence-electron chi connectivity index (χ3n) is 5.57. The van der Waals surface area contributed by atoms with Gasteiger partial charge in [-0.15, -0.1) is 0 Å². The van der Waals surface area contributed by atoms with Crippen LogP contribution in [0.25, 0.3) is 11.0 Å². The molecule has 1 N–H and O–H groups in total. The Kier molecular flexibility index (Phi) is 6.25. The number of amides is 1. The standard InChI is InChI=1S/C22H27NO6/c1-12-8-17(20-13(2)10-19(24)29-18(20)9-12)28-14(3)21(25)23-11-15-4-6-16(7-5-15)22(26)27/h8-10,14-16H,4-7,11H2,1-3H3,(H,23,25)(H,26,27)/p-1/t14-,15?,16?/m1/s1. The van der Waals surface area contributed by atoms with Gasteiger partial charge in [0.05, 0.1) is 5.39 Å². The molecule has 1 fully saturated rings. The fraction of sp³-hybridized carbons (Fsp3) is 0.500. The smallest absolute Gasteiger partial charge is 0.336 e. The third-order valence-corrected chi connectivity index (χ3v) is 5.57. The highest BCUT2D eigenvalue weighted by Gasteiger charge is 2.24. The van der Waals surface area contributed by atoms with E-state index in [-0.39, 0.29) is 17.7 Å². The summed E-state index contributed by atoms with van der Waals surface area (Å²) in [6, 6.07) is 4.99. The predicted octanol–water partition coefficient (Wildman–Crippen LogP) is 1.85. The molecule has 2 aromatic rings. The highest BCUT2D eigenvalue weighted by atomic mass is 16.5. The summed E-state index contributed by atoms with van der Waals surface area (Å²) in [7, 11) is 0. The molecule has 0 unspecified atom stereocenters. The van der Waals surface area contributed by atoms with Crippen molar-refractivity contribution >= 4 is 22.8 Å². The molecule has 0 saturated heterocycles. The summed E-state index contributed by atoms with van der Waals surface area (Å²) < 4.78 is 11.2. The van der Waals surface area contributed by atoms with E-state index in [1.165, 1.54) is 6.07 Å². The van der Waals surface area contributed by atoms with Gasteiger partial charge < -0.3 is 24.4 Å². The Labute approximate surface area is 169 Å². The zero-order valence-corrected chi connectivity index (χ0v) is 16.9. The van der Waals surface area contributed by atoms with Gasteiger partial charge in [0.2, 0.25) is 0 Å².